The SMILES string of the molecule is CCCc1n[nH]c(=S)n1N=Cc1ccc(O)c(OC)c1. The summed E-state index contributed by atoms with van der Waals surface area (Å²) in [7, 11) is 1.50. The number of H-pyrrole nitrogens is 1. The van der Waals surface area contributed by atoms with Gasteiger partial charge in [0.05, 0.1) is 13.3 Å². The van der Waals surface area contributed by atoms with E-state index < -0.39 is 0 Å². The summed E-state index contributed by atoms with van der Waals surface area (Å²) in [6.07, 6.45) is 3.40. The topological polar surface area (TPSA) is 75.4 Å². The zero-order valence-corrected chi connectivity index (χ0v) is 12.1. The highest BCUT2D eigenvalue weighted by Crippen LogP contribution is 2.25. The molecule has 1 aromatic heterocycles. The Morgan fingerprint density at radius 2 is 2.35 bits per heavy atom. The van der Waals surface area contributed by atoms with Crippen molar-refractivity contribution in [2.24, 2.45) is 5.10 Å². The first-order valence-corrected chi connectivity index (χ1v) is 6.64. The highest BCUT2D eigenvalue weighted by Gasteiger charge is 2.04. The van der Waals surface area contributed by atoms with Crippen molar-refractivity contribution >= 4 is 18.4 Å². The van der Waals surface area contributed by atoms with E-state index in [1.54, 1.807) is 29.1 Å². The third-order valence-corrected chi connectivity index (χ3v) is 2.98. The van der Waals surface area contributed by atoms with Gasteiger partial charge in [-0.2, -0.15) is 14.9 Å². The number of nitrogens with zero attached hydrogens (tertiary/aromatic N) is 3. The van der Waals surface area contributed by atoms with Crippen LogP contribution in [0.2, 0.25) is 0 Å². The van der Waals surface area contributed by atoms with Gasteiger partial charge < -0.3 is 9.84 Å². The number of ether oxygens (including phenoxy) is 1. The normalized spacial score (nSPS) is 11.1. The summed E-state index contributed by atoms with van der Waals surface area (Å²) in [4.78, 5) is 0. The number of aromatic hydroxyl groups is 1. The van der Waals surface area contributed by atoms with E-state index in [1.165, 1.54) is 7.11 Å². The molecule has 2 aromatic rings. The van der Waals surface area contributed by atoms with Crippen LogP contribution in [0.15, 0.2) is 23.3 Å². The number of hydrogen-bond acceptors (Lipinski definition) is 5. The fourth-order valence-electron chi connectivity index (χ4n) is 1.73. The largest absolute Gasteiger partial charge is 0.504 e. The van der Waals surface area contributed by atoms with Crippen molar-refractivity contribution in [3.63, 3.8) is 0 Å². The van der Waals surface area contributed by atoms with Gasteiger partial charge in [-0.15, -0.1) is 0 Å². The van der Waals surface area contributed by atoms with Crippen molar-refractivity contribution in [3.8, 4) is 11.5 Å². The maximum absolute atomic E-state index is 9.54. The van der Waals surface area contributed by atoms with Crippen LogP contribution in [-0.4, -0.2) is 33.3 Å². The number of nitrogens with one attached hydrogen (secondary N) is 1. The molecule has 0 bridgehead atoms. The number of phenols is 1. The van der Waals surface area contributed by atoms with Crippen molar-refractivity contribution < 1.29 is 9.84 Å². The third-order valence-electron chi connectivity index (χ3n) is 2.72. The molecule has 2 rings (SSSR count). The summed E-state index contributed by atoms with van der Waals surface area (Å²) in [6, 6.07) is 4.99. The fourth-order valence-corrected chi connectivity index (χ4v) is 1.93. The van der Waals surface area contributed by atoms with Gasteiger partial charge in [0.1, 0.15) is 0 Å². The fraction of sp³-hybridized carbons (Fsp3) is 0.308. The van der Waals surface area contributed by atoms with Crippen LogP contribution in [0.25, 0.3) is 0 Å². The maximum atomic E-state index is 9.54. The minimum absolute atomic E-state index is 0.0937. The first kappa shape index (κ1) is 14.3. The van der Waals surface area contributed by atoms with E-state index in [-0.39, 0.29) is 5.75 Å². The third kappa shape index (κ3) is 3.05. The smallest absolute Gasteiger partial charge is 0.216 e. The molecule has 2 N–H and O–H groups in total. The van der Waals surface area contributed by atoms with E-state index in [2.05, 4.69) is 22.2 Å². The van der Waals surface area contributed by atoms with Crippen LogP contribution in [-0.2, 0) is 6.42 Å². The molecule has 106 valence electrons. The van der Waals surface area contributed by atoms with Gasteiger partial charge in [-0.25, -0.2) is 0 Å². The van der Waals surface area contributed by atoms with Gasteiger partial charge in [-0.05, 0) is 42.4 Å². The predicted molar refractivity (Wildman–Crippen MR) is 79.1 cm³/mol. The van der Waals surface area contributed by atoms with Crippen molar-refractivity contribution in [1.82, 2.24) is 14.9 Å². The maximum Gasteiger partial charge on any atom is 0.216 e. The molecular weight excluding hydrogens is 276 g/mol. The van der Waals surface area contributed by atoms with Crippen LogP contribution in [0.5, 0.6) is 11.5 Å². The lowest BCUT2D eigenvalue weighted by atomic mass is 10.2. The standard InChI is InChI=1S/C13H16N4O2S/c1-3-4-12-15-16-13(20)17(12)14-8-9-5-6-10(18)11(7-9)19-2/h5-8,18H,3-4H2,1-2H3,(H,16,20). The molecule has 0 radical (unpaired) electrons. The second-order valence-electron chi connectivity index (χ2n) is 4.18. The molecule has 0 amide bonds. The van der Waals surface area contributed by atoms with Crippen LogP contribution in [0.4, 0.5) is 0 Å². The number of benzene rings is 1. The average molecular weight is 292 g/mol. The Labute approximate surface area is 121 Å². The number of aryl methyl sites for hydroxylation is 1. The first-order chi connectivity index (χ1) is 9.65. The van der Waals surface area contributed by atoms with Crippen LogP contribution >= 0.6 is 12.2 Å². The molecule has 0 spiro atoms. The highest BCUT2D eigenvalue weighted by atomic mass is 32.1. The monoisotopic (exact) mass is 292 g/mol. The summed E-state index contributed by atoms with van der Waals surface area (Å²) in [6.45, 7) is 2.07. The Balaban J connectivity index is 2.29. The Kier molecular flexibility index (Phi) is 4.52. The summed E-state index contributed by atoms with van der Waals surface area (Å²) < 4.78 is 7.10. The van der Waals surface area contributed by atoms with E-state index in [1.807, 2.05) is 0 Å². The summed E-state index contributed by atoms with van der Waals surface area (Å²) in [5.74, 6) is 1.29. The molecule has 20 heavy (non-hydrogen) atoms. The van der Waals surface area contributed by atoms with Gasteiger partial charge in [0.2, 0.25) is 4.77 Å². The van der Waals surface area contributed by atoms with Crippen molar-refractivity contribution in [2.45, 2.75) is 19.8 Å². The Morgan fingerprint density at radius 1 is 1.55 bits per heavy atom. The molecule has 1 heterocycles. The molecule has 6 nitrogen and oxygen atoms in total. The summed E-state index contributed by atoms with van der Waals surface area (Å²) in [5, 5.41) is 20.7. The van der Waals surface area contributed by atoms with Crippen molar-refractivity contribution in [1.29, 1.82) is 0 Å². The van der Waals surface area contributed by atoms with Crippen molar-refractivity contribution in [3.05, 3.63) is 34.4 Å². The highest BCUT2D eigenvalue weighted by molar-refractivity contribution is 7.71. The lowest BCUT2D eigenvalue weighted by molar-refractivity contribution is 0.373. The van der Waals surface area contributed by atoms with E-state index in [4.69, 9.17) is 17.0 Å². The van der Waals surface area contributed by atoms with Crippen LogP contribution in [0.3, 0.4) is 0 Å². The van der Waals surface area contributed by atoms with Gasteiger partial charge in [-0.3, -0.25) is 5.10 Å². The Morgan fingerprint density at radius 3 is 3.05 bits per heavy atom. The molecule has 0 saturated heterocycles. The van der Waals surface area contributed by atoms with E-state index in [9.17, 15) is 5.11 Å². The quantitative estimate of drug-likeness (QED) is 0.656. The molecule has 1 aromatic carbocycles. The van der Waals surface area contributed by atoms with Gasteiger partial charge in [0.15, 0.2) is 17.3 Å². The average Bonchev–Trinajstić information content (AvgIpc) is 2.79. The first-order valence-electron chi connectivity index (χ1n) is 6.23. The van der Waals surface area contributed by atoms with E-state index in [0.29, 0.717) is 10.5 Å². The minimum Gasteiger partial charge on any atom is -0.504 e. The molecule has 0 aliphatic rings. The Bertz CT molecular complexity index is 675. The number of methoxy groups -OCH3 is 1. The lowest BCUT2D eigenvalue weighted by Gasteiger charge is -2.03. The Hall–Kier alpha value is -2.15. The number of rotatable bonds is 5. The minimum atomic E-state index is 0.0937. The van der Waals surface area contributed by atoms with Crippen molar-refractivity contribution in [2.75, 3.05) is 7.11 Å². The molecule has 7 heteroatoms. The summed E-state index contributed by atoms with van der Waals surface area (Å²) in [5.41, 5.74) is 0.796. The number of aromatic amines is 1. The van der Waals surface area contributed by atoms with E-state index >= 15 is 0 Å². The second-order valence-corrected chi connectivity index (χ2v) is 4.57. The number of phenolic OH excluding ortho intramolecular Hbond substituents is 1. The summed E-state index contributed by atoms with van der Waals surface area (Å²) >= 11 is 5.14. The number of hydrogen-bond donors (Lipinski definition) is 2. The molecular formula is C13H16N4O2S. The predicted octanol–water partition coefficient (Wildman–Crippen LogP) is 2.49. The van der Waals surface area contributed by atoms with Crippen LogP contribution < -0.4 is 4.74 Å². The van der Waals surface area contributed by atoms with Gasteiger partial charge in [-0.1, -0.05) is 6.92 Å². The molecule has 0 aliphatic carbocycles. The van der Waals surface area contributed by atoms with Crippen LogP contribution in [0, 0.1) is 4.77 Å². The van der Waals surface area contributed by atoms with Gasteiger partial charge >= 0.3 is 0 Å². The molecule has 0 atom stereocenters. The lowest BCUT2D eigenvalue weighted by Crippen LogP contribution is -1.98. The molecule has 0 unspecified atom stereocenters. The van der Waals surface area contributed by atoms with E-state index in [0.717, 1.165) is 24.2 Å². The second kappa shape index (κ2) is 6.33. The van der Waals surface area contributed by atoms with Gasteiger partial charge in [0.25, 0.3) is 0 Å². The molecule has 0 aliphatic heterocycles. The van der Waals surface area contributed by atoms with Gasteiger partial charge in [0, 0.05) is 6.42 Å². The number of aromatic nitrogens is 3. The zero-order chi connectivity index (χ0) is 14.5. The molecule has 0 fully saturated rings. The zero-order valence-electron chi connectivity index (χ0n) is 11.3. The van der Waals surface area contributed by atoms with Crippen LogP contribution in [0.1, 0.15) is 24.7 Å². The molecule has 0 saturated carbocycles.